The second-order valence-corrected chi connectivity index (χ2v) is 7.37. The predicted molar refractivity (Wildman–Crippen MR) is 108 cm³/mol. The zero-order chi connectivity index (χ0) is 19.5. The molecule has 0 saturated carbocycles. The predicted octanol–water partition coefficient (Wildman–Crippen LogP) is 3.46. The summed E-state index contributed by atoms with van der Waals surface area (Å²) in [5.74, 6) is -0.102. The van der Waals surface area contributed by atoms with Gasteiger partial charge in [-0.2, -0.15) is 0 Å². The molecule has 2 aromatic carbocycles. The first-order chi connectivity index (χ1) is 13.6. The van der Waals surface area contributed by atoms with Crippen molar-refractivity contribution in [2.24, 2.45) is 0 Å². The lowest BCUT2D eigenvalue weighted by atomic mass is 10.1. The lowest BCUT2D eigenvalue weighted by Crippen LogP contribution is -2.35. The van der Waals surface area contributed by atoms with Gasteiger partial charge in [0, 0.05) is 30.7 Å². The van der Waals surface area contributed by atoms with Gasteiger partial charge in [-0.15, -0.1) is 0 Å². The van der Waals surface area contributed by atoms with Gasteiger partial charge in [0.25, 0.3) is 0 Å². The van der Waals surface area contributed by atoms with E-state index >= 15 is 0 Å². The van der Waals surface area contributed by atoms with Crippen LogP contribution in [0.15, 0.2) is 40.9 Å². The van der Waals surface area contributed by atoms with Gasteiger partial charge in [0.2, 0.25) is 5.91 Å². The molecule has 0 spiro atoms. The standard InChI is InChI=1S/C22H25N3O3/c1-15-11-19-20(24-28-21(19)12-16(15)2)13-22(26)23-18-5-3-17(4-6-18)14-25-7-9-27-10-8-25/h3-6,11-12H,7-10,13-14H2,1-2H3,(H,23,26). The van der Waals surface area contributed by atoms with Crippen LogP contribution in [0.5, 0.6) is 0 Å². The summed E-state index contributed by atoms with van der Waals surface area (Å²) >= 11 is 0. The van der Waals surface area contributed by atoms with E-state index in [4.69, 9.17) is 9.26 Å². The van der Waals surface area contributed by atoms with Crippen LogP contribution in [-0.2, 0) is 22.5 Å². The van der Waals surface area contributed by atoms with E-state index in [0.29, 0.717) is 5.69 Å². The number of hydrogen-bond donors (Lipinski definition) is 1. The molecule has 1 aromatic heterocycles. The SMILES string of the molecule is Cc1cc2onc(CC(=O)Nc3ccc(CN4CCOCC4)cc3)c2cc1C. The van der Waals surface area contributed by atoms with E-state index in [1.165, 1.54) is 5.56 Å². The van der Waals surface area contributed by atoms with E-state index in [9.17, 15) is 4.79 Å². The number of fused-ring (bicyclic) bond motifs is 1. The van der Waals surface area contributed by atoms with Crippen molar-refractivity contribution in [3.05, 3.63) is 58.8 Å². The molecule has 0 radical (unpaired) electrons. The third-order valence-corrected chi connectivity index (χ3v) is 5.24. The minimum atomic E-state index is -0.102. The number of ether oxygens (including phenoxy) is 1. The fourth-order valence-electron chi connectivity index (χ4n) is 3.44. The number of morpholine rings is 1. The Morgan fingerprint density at radius 1 is 1.11 bits per heavy atom. The van der Waals surface area contributed by atoms with Gasteiger partial charge in [0.1, 0.15) is 5.69 Å². The Morgan fingerprint density at radius 2 is 1.82 bits per heavy atom. The average molecular weight is 379 g/mol. The van der Waals surface area contributed by atoms with Crippen LogP contribution in [0.2, 0.25) is 0 Å². The number of nitrogens with one attached hydrogen (secondary N) is 1. The van der Waals surface area contributed by atoms with Gasteiger partial charge in [-0.05, 0) is 54.8 Å². The molecule has 0 atom stereocenters. The first kappa shape index (κ1) is 18.7. The molecule has 1 fully saturated rings. The number of aryl methyl sites for hydroxylation is 2. The summed E-state index contributed by atoms with van der Waals surface area (Å²) < 4.78 is 10.8. The summed E-state index contributed by atoms with van der Waals surface area (Å²) in [6, 6.07) is 12.0. The average Bonchev–Trinajstić information content (AvgIpc) is 3.06. The third kappa shape index (κ3) is 4.24. The van der Waals surface area contributed by atoms with Crippen LogP contribution in [-0.4, -0.2) is 42.3 Å². The molecule has 28 heavy (non-hydrogen) atoms. The number of amides is 1. The summed E-state index contributed by atoms with van der Waals surface area (Å²) in [4.78, 5) is 14.8. The van der Waals surface area contributed by atoms with E-state index in [0.717, 1.165) is 60.6 Å². The molecule has 1 aliphatic heterocycles. The van der Waals surface area contributed by atoms with Gasteiger partial charge >= 0.3 is 0 Å². The van der Waals surface area contributed by atoms with Gasteiger partial charge in [-0.3, -0.25) is 9.69 Å². The highest BCUT2D eigenvalue weighted by Gasteiger charge is 2.14. The zero-order valence-corrected chi connectivity index (χ0v) is 16.3. The van der Waals surface area contributed by atoms with E-state index < -0.39 is 0 Å². The first-order valence-corrected chi connectivity index (χ1v) is 9.63. The maximum atomic E-state index is 12.5. The quantitative estimate of drug-likeness (QED) is 0.735. The summed E-state index contributed by atoms with van der Waals surface area (Å²) in [5.41, 5.74) is 5.71. The van der Waals surface area contributed by atoms with Crippen molar-refractivity contribution in [3.63, 3.8) is 0 Å². The molecule has 1 amide bonds. The van der Waals surface area contributed by atoms with E-state index in [2.05, 4.69) is 27.5 Å². The fraction of sp³-hybridized carbons (Fsp3) is 0.364. The zero-order valence-electron chi connectivity index (χ0n) is 16.3. The lowest BCUT2D eigenvalue weighted by molar-refractivity contribution is -0.115. The van der Waals surface area contributed by atoms with E-state index in [-0.39, 0.29) is 12.3 Å². The van der Waals surface area contributed by atoms with Crippen LogP contribution in [0.25, 0.3) is 11.0 Å². The van der Waals surface area contributed by atoms with Crippen LogP contribution in [0.1, 0.15) is 22.4 Å². The molecule has 0 bridgehead atoms. The Labute approximate surface area is 164 Å². The fourth-order valence-corrected chi connectivity index (χ4v) is 3.44. The highest BCUT2D eigenvalue weighted by molar-refractivity contribution is 5.94. The van der Waals surface area contributed by atoms with Crippen LogP contribution < -0.4 is 5.32 Å². The van der Waals surface area contributed by atoms with Crippen molar-refractivity contribution in [2.75, 3.05) is 31.6 Å². The summed E-state index contributed by atoms with van der Waals surface area (Å²) in [7, 11) is 0. The number of hydrogen-bond acceptors (Lipinski definition) is 5. The number of benzene rings is 2. The molecule has 146 valence electrons. The van der Waals surface area contributed by atoms with Crippen molar-refractivity contribution in [1.29, 1.82) is 0 Å². The van der Waals surface area contributed by atoms with Crippen molar-refractivity contribution >= 4 is 22.6 Å². The van der Waals surface area contributed by atoms with Crippen molar-refractivity contribution in [1.82, 2.24) is 10.1 Å². The number of carbonyl (C=O) groups excluding carboxylic acids is 1. The molecule has 0 unspecified atom stereocenters. The molecule has 1 N–H and O–H groups in total. The van der Waals surface area contributed by atoms with Gasteiger partial charge < -0.3 is 14.6 Å². The third-order valence-electron chi connectivity index (χ3n) is 5.24. The van der Waals surface area contributed by atoms with Crippen LogP contribution >= 0.6 is 0 Å². The Hall–Kier alpha value is -2.70. The molecular formula is C22H25N3O3. The number of aromatic nitrogens is 1. The Balaban J connectivity index is 1.38. The smallest absolute Gasteiger partial charge is 0.230 e. The molecule has 1 aliphatic rings. The first-order valence-electron chi connectivity index (χ1n) is 9.63. The monoisotopic (exact) mass is 379 g/mol. The minimum absolute atomic E-state index is 0.102. The van der Waals surface area contributed by atoms with Crippen molar-refractivity contribution in [2.45, 2.75) is 26.8 Å². The second-order valence-electron chi connectivity index (χ2n) is 7.37. The summed E-state index contributed by atoms with van der Waals surface area (Å²) in [6.07, 6.45) is 0.186. The topological polar surface area (TPSA) is 67.6 Å². The molecule has 6 nitrogen and oxygen atoms in total. The number of anilines is 1. The molecule has 1 saturated heterocycles. The highest BCUT2D eigenvalue weighted by Crippen LogP contribution is 2.23. The van der Waals surface area contributed by atoms with Crippen molar-refractivity contribution < 1.29 is 14.1 Å². The maximum absolute atomic E-state index is 12.5. The van der Waals surface area contributed by atoms with Gasteiger partial charge in [0.15, 0.2) is 5.58 Å². The number of rotatable bonds is 5. The maximum Gasteiger partial charge on any atom is 0.230 e. The van der Waals surface area contributed by atoms with Crippen LogP contribution in [0.4, 0.5) is 5.69 Å². The number of carbonyl (C=O) groups is 1. The highest BCUT2D eigenvalue weighted by atomic mass is 16.5. The molecule has 6 heteroatoms. The molecule has 2 heterocycles. The largest absolute Gasteiger partial charge is 0.379 e. The lowest BCUT2D eigenvalue weighted by Gasteiger charge is -2.26. The Kier molecular flexibility index (Phi) is 5.41. The molecule has 4 rings (SSSR count). The van der Waals surface area contributed by atoms with Crippen LogP contribution in [0, 0.1) is 13.8 Å². The van der Waals surface area contributed by atoms with E-state index in [1.807, 2.05) is 38.1 Å². The molecule has 3 aromatic rings. The van der Waals surface area contributed by atoms with Gasteiger partial charge in [-0.25, -0.2) is 0 Å². The molecular weight excluding hydrogens is 354 g/mol. The van der Waals surface area contributed by atoms with Crippen LogP contribution in [0.3, 0.4) is 0 Å². The second kappa shape index (κ2) is 8.12. The van der Waals surface area contributed by atoms with Gasteiger partial charge in [-0.1, -0.05) is 17.3 Å². The Bertz CT molecular complexity index is 973. The van der Waals surface area contributed by atoms with Crippen molar-refractivity contribution in [3.8, 4) is 0 Å². The normalized spacial score (nSPS) is 15.1. The summed E-state index contributed by atoms with van der Waals surface area (Å²) in [5, 5.41) is 7.94. The number of nitrogens with zero attached hydrogens (tertiary/aromatic N) is 2. The van der Waals surface area contributed by atoms with Gasteiger partial charge in [0.05, 0.1) is 19.6 Å². The summed E-state index contributed by atoms with van der Waals surface area (Å²) in [6.45, 7) is 8.50. The van der Waals surface area contributed by atoms with E-state index in [1.54, 1.807) is 0 Å². The minimum Gasteiger partial charge on any atom is -0.379 e. The molecule has 0 aliphatic carbocycles. The Morgan fingerprint density at radius 3 is 2.57 bits per heavy atom.